The second-order valence-electron chi connectivity index (χ2n) is 5.56. The molecule has 2 aromatic rings. The van der Waals surface area contributed by atoms with E-state index in [1.54, 1.807) is 0 Å². The van der Waals surface area contributed by atoms with E-state index in [0.29, 0.717) is 18.8 Å². The number of piperidine rings is 1. The maximum Gasteiger partial charge on any atom is 0.299 e. The third-order valence-corrected chi connectivity index (χ3v) is 4.15. The van der Waals surface area contributed by atoms with Crippen LogP contribution in [0.15, 0.2) is 42.7 Å². The Morgan fingerprint density at radius 1 is 1.09 bits per heavy atom. The van der Waals surface area contributed by atoms with Crippen LogP contribution in [0.4, 0.5) is 17.1 Å². The van der Waals surface area contributed by atoms with Crippen LogP contribution < -0.4 is 4.90 Å². The molecule has 0 aliphatic carbocycles. The Kier molecular flexibility index (Phi) is 3.96. The fraction of sp³-hybridized carbons (Fsp3) is 0.333. The summed E-state index contributed by atoms with van der Waals surface area (Å²) in [7, 11) is 0. The Bertz CT molecular complexity index is 729. The van der Waals surface area contributed by atoms with Crippen molar-refractivity contribution < 1.29 is 9.85 Å². The highest BCUT2D eigenvalue weighted by Gasteiger charge is 2.27. The summed E-state index contributed by atoms with van der Waals surface area (Å²) >= 11 is 0. The normalized spacial score (nSPS) is 17.9. The van der Waals surface area contributed by atoms with Gasteiger partial charge < -0.3 is 9.47 Å². The fourth-order valence-corrected chi connectivity index (χ4v) is 3.05. The Balaban J connectivity index is 1.91. The van der Waals surface area contributed by atoms with Gasteiger partial charge in [-0.15, -0.1) is 0 Å². The quantitative estimate of drug-likeness (QED) is 0.638. The summed E-state index contributed by atoms with van der Waals surface area (Å²) in [4.78, 5) is 22.9. The summed E-state index contributed by atoms with van der Waals surface area (Å²) in [6, 6.07) is 7.99. The first-order valence-corrected chi connectivity index (χ1v) is 7.36. The molecule has 0 radical (unpaired) electrons. The van der Waals surface area contributed by atoms with E-state index in [4.69, 9.17) is 0 Å². The van der Waals surface area contributed by atoms with Crippen molar-refractivity contribution in [2.75, 3.05) is 18.0 Å². The minimum atomic E-state index is -0.615. The molecule has 1 atom stereocenters. The summed E-state index contributed by atoms with van der Waals surface area (Å²) < 4.78 is 2.10. The molecule has 0 spiro atoms. The molecule has 1 aliphatic rings. The average Bonchev–Trinajstić information content (AvgIpc) is 3.09. The maximum atomic E-state index is 11.3. The predicted octanol–water partition coefficient (Wildman–Crippen LogP) is 3.15. The Morgan fingerprint density at radius 3 is 2.48 bits per heavy atom. The standard InChI is InChI=1S/C15H16N4O4/c20-18(21)12-5-6-14(15(10-12)19(22)23)17-9-3-4-13(11-17)16-7-1-2-8-16/h1-2,5-8,10,13H,3-4,9,11H2/t13-/m0/s1. The molecule has 0 saturated carbocycles. The van der Waals surface area contributed by atoms with Crippen molar-refractivity contribution in [3.8, 4) is 0 Å². The van der Waals surface area contributed by atoms with Crippen LogP contribution >= 0.6 is 0 Å². The minimum absolute atomic E-state index is 0.215. The molecule has 0 unspecified atom stereocenters. The highest BCUT2D eigenvalue weighted by molar-refractivity contribution is 5.67. The molecule has 1 aromatic carbocycles. The first-order chi connectivity index (χ1) is 11.1. The van der Waals surface area contributed by atoms with Gasteiger partial charge in [0.1, 0.15) is 5.69 Å². The highest BCUT2D eigenvalue weighted by atomic mass is 16.6. The van der Waals surface area contributed by atoms with Crippen LogP contribution in [0.25, 0.3) is 0 Å². The lowest BCUT2D eigenvalue weighted by Crippen LogP contribution is -2.36. The van der Waals surface area contributed by atoms with Crippen molar-refractivity contribution in [3.05, 3.63) is 63.0 Å². The van der Waals surface area contributed by atoms with E-state index in [2.05, 4.69) is 4.57 Å². The lowest BCUT2D eigenvalue weighted by molar-refractivity contribution is -0.393. The van der Waals surface area contributed by atoms with Crippen LogP contribution in [0, 0.1) is 20.2 Å². The van der Waals surface area contributed by atoms with Crippen LogP contribution in [-0.4, -0.2) is 27.5 Å². The molecular weight excluding hydrogens is 300 g/mol. The van der Waals surface area contributed by atoms with Gasteiger partial charge in [-0.1, -0.05) is 0 Å². The largest absolute Gasteiger partial charge is 0.364 e. The van der Waals surface area contributed by atoms with Gasteiger partial charge in [0.15, 0.2) is 0 Å². The van der Waals surface area contributed by atoms with Crippen molar-refractivity contribution in [3.63, 3.8) is 0 Å². The number of hydrogen-bond donors (Lipinski definition) is 0. The fourth-order valence-electron chi connectivity index (χ4n) is 3.05. The number of benzene rings is 1. The molecule has 3 rings (SSSR count). The van der Waals surface area contributed by atoms with Gasteiger partial charge in [-0.25, -0.2) is 0 Å². The smallest absolute Gasteiger partial charge is 0.299 e. The Morgan fingerprint density at radius 2 is 1.83 bits per heavy atom. The number of rotatable bonds is 4. The molecule has 1 aromatic heterocycles. The number of non-ortho nitro benzene ring substituents is 1. The van der Waals surface area contributed by atoms with Gasteiger partial charge in [0.25, 0.3) is 11.4 Å². The summed E-state index contributed by atoms with van der Waals surface area (Å²) in [5.41, 5.74) is -0.0377. The Labute approximate surface area is 132 Å². The van der Waals surface area contributed by atoms with Gasteiger partial charge in [-0.2, -0.15) is 0 Å². The van der Waals surface area contributed by atoms with Crippen LogP contribution in [0.3, 0.4) is 0 Å². The molecule has 0 amide bonds. The topological polar surface area (TPSA) is 94.5 Å². The van der Waals surface area contributed by atoms with Crippen LogP contribution in [0.5, 0.6) is 0 Å². The van der Waals surface area contributed by atoms with Gasteiger partial charge in [-0.3, -0.25) is 20.2 Å². The van der Waals surface area contributed by atoms with Gasteiger partial charge >= 0.3 is 0 Å². The van der Waals surface area contributed by atoms with E-state index < -0.39 is 9.85 Å². The van der Waals surface area contributed by atoms with E-state index in [1.165, 1.54) is 12.1 Å². The molecule has 0 N–H and O–H groups in total. The zero-order chi connectivity index (χ0) is 16.4. The molecular formula is C15H16N4O4. The molecule has 8 heteroatoms. The van der Waals surface area contributed by atoms with Crippen LogP contribution in [-0.2, 0) is 0 Å². The van der Waals surface area contributed by atoms with E-state index in [9.17, 15) is 20.2 Å². The molecule has 23 heavy (non-hydrogen) atoms. The molecule has 0 bridgehead atoms. The van der Waals surface area contributed by atoms with Gasteiger partial charge in [-0.05, 0) is 31.0 Å². The number of nitrogens with zero attached hydrogens (tertiary/aromatic N) is 4. The first-order valence-electron chi connectivity index (χ1n) is 7.36. The van der Waals surface area contributed by atoms with E-state index >= 15 is 0 Å². The third kappa shape index (κ3) is 3.01. The third-order valence-electron chi connectivity index (χ3n) is 4.15. The average molecular weight is 316 g/mol. The monoisotopic (exact) mass is 316 g/mol. The molecule has 2 heterocycles. The molecule has 1 aliphatic heterocycles. The van der Waals surface area contributed by atoms with Crippen LogP contribution in [0.2, 0.25) is 0 Å². The molecule has 1 saturated heterocycles. The van der Waals surface area contributed by atoms with Gasteiger partial charge in [0.2, 0.25) is 0 Å². The lowest BCUT2D eigenvalue weighted by atomic mass is 10.0. The molecule has 8 nitrogen and oxygen atoms in total. The SMILES string of the molecule is O=[N+]([O-])c1ccc(N2CCC[C@H](n3cccc3)C2)c([N+](=O)[O-])c1. The zero-order valence-corrected chi connectivity index (χ0v) is 12.4. The highest BCUT2D eigenvalue weighted by Crippen LogP contribution is 2.35. The summed E-state index contributed by atoms with van der Waals surface area (Å²) in [6.07, 6.45) is 5.89. The summed E-state index contributed by atoms with van der Waals surface area (Å²) in [6.45, 7) is 1.35. The maximum absolute atomic E-state index is 11.3. The second kappa shape index (κ2) is 6.07. The van der Waals surface area contributed by atoms with Crippen molar-refractivity contribution in [1.82, 2.24) is 4.57 Å². The number of anilines is 1. The van der Waals surface area contributed by atoms with Crippen molar-refractivity contribution in [2.24, 2.45) is 0 Å². The van der Waals surface area contributed by atoms with Crippen molar-refractivity contribution in [1.29, 1.82) is 0 Å². The van der Waals surface area contributed by atoms with Crippen LogP contribution in [0.1, 0.15) is 18.9 Å². The summed E-state index contributed by atoms with van der Waals surface area (Å²) in [5, 5.41) is 22.1. The Hall–Kier alpha value is -2.90. The van der Waals surface area contributed by atoms with Gasteiger partial charge in [0.05, 0.1) is 22.0 Å². The minimum Gasteiger partial charge on any atom is -0.364 e. The number of aromatic nitrogens is 1. The number of nitro benzene ring substituents is 2. The second-order valence-corrected chi connectivity index (χ2v) is 5.56. The number of hydrogen-bond acceptors (Lipinski definition) is 5. The molecule has 120 valence electrons. The van der Waals surface area contributed by atoms with E-state index in [0.717, 1.165) is 18.9 Å². The lowest BCUT2D eigenvalue weighted by Gasteiger charge is -2.34. The van der Waals surface area contributed by atoms with Gasteiger partial charge in [0, 0.05) is 31.5 Å². The predicted molar refractivity (Wildman–Crippen MR) is 84.7 cm³/mol. The summed E-state index contributed by atoms with van der Waals surface area (Å²) in [5.74, 6) is 0. The van der Waals surface area contributed by atoms with Crippen molar-refractivity contribution in [2.45, 2.75) is 18.9 Å². The first kappa shape index (κ1) is 15.0. The zero-order valence-electron chi connectivity index (χ0n) is 12.4. The van der Waals surface area contributed by atoms with E-state index in [1.807, 2.05) is 29.4 Å². The van der Waals surface area contributed by atoms with Crippen molar-refractivity contribution >= 4 is 17.1 Å². The van der Waals surface area contributed by atoms with E-state index in [-0.39, 0.29) is 17.4 Å². The molecule has 1 fully saturated rings. The number of nitro groups is 2.